The van der Waals surface area contributed by atoms with Gasteiger partial charge in [-0.2, -0.15) is 0 Å². The zero-order valence-corrected chi connectivity index (χ0v) is 18.4. The van der Waals surface area contributed by atoms with Crippen molar-refractivity contribution < 1.29 is 14.3 Å². The highest BCUT2D eigenvalue weighted by atomic mass is 35.5. The standard InChI is InChI=1S/C23H32N2O3.ClH/c1-15-11-17(5-8-24-15)22(26)25-14-23(6-3-4-7-23)19-13-21-20(27-9-10-28-21)12-18(19)16(25)2;/h12-13,15-17,24H,3-11,14H2,1-2H3;1H/t15-,16?,17-;/m0./s1. The minimum absolute atomic E-state index is 0. The molecule has 1 N–H and O–H groups in total. The SMILES string of the molecule is CC1c2cc3c(cc2C2(CCCC2)CN1C(=O)[C@H]1CCN[C@@H](C)C1)OCCO3.Cl. The fourth-order valence-corrected chi connectivity index (χ4v) is 5.96. The number of ether oxygens (including phenoxy) is 2. The van der Waals surface area contributed by atoms with E-state index in [0.717, 1.165) is 37.4 Å². The quantitative estimate of drug-likeness (QED) is 0.746. The number of amides is 1. The van der Waals surface area contributed by atoms with E-state index in [1.165, 1.54) is 36.8 Å². The van der Waals surface area contributed by atoms with Gasteiger partial charge in [0.25, 0.3) is 0 Å². The molecule has 1 aromatic carbocycles. The Morgan fingerprint density at radius 2 is 1.83 bits per heavy atom. The molecule has 0 aromatic heterocycles. The summed E-state index contributed by atoms with van der Waals surface area (Å²) >= 11 is 0. The first kappa shape index (κ1) is 20.8. The molecule has 1 amide bonds. The Bertz CT molecular complexity index is 778. The highest BCUT2D eigenvalue weighted by molar-refractivity contribution is 5.85. The summed E-state index contributed by atoms with van der Waals surface area (Å²) in [6.07, 6.45) is 6.72. The second-order valence-electron chi connectivity index (χ2n) is 9.29. The zero-order chi connectivity index (χ0) is 19.3. The molecule has 1 aliphatic carbocycles. The van der Waals surface area contributed by atoms with Crippen LogP contribution in [0.4, 0.5) is 0 Å². The van der Waals surface area contributed by atoms with Crippen LogP contribution in [0.2, 0.25) is 0 Å². The van der Waals surface area contributed by atoms with Crippen molar-refractivity contribution in [3.8, 4) is 11.5 Å². The van der Waals surface area contributed by atoms with Crippen molar-refractivity contribution in [1.82, 2.24) is 10.2 Å². The van der Waals surface area contributed by atoms with Crippen molar-refractivity contribution in [2.45, 2.75) is 69.9 Å². The molecule has 29 heavy (non-hydrogen) atoms. The van der Waals surface area contributed by atoms with E-state index >= 15 is 0 Å². The van der Waals surface area contributed by atoms with Gasteiger partial charge in [0.2, 0.25) is 5.91 Å². The third-order valence-electron chi connectivity index (χ3n) is 7.49. The maximum atomic E-state index is 13.6. The topological polar surface area (TPSA) is 50.8 Å². The number of fused-ring (bicyclic) bond motifs is 3. The summed E-state index contributed by atoms with van der Waals surface area (Å²) < 4.78 is 11.8. The number of nitrogens with one attached hydrogen (secondary N) is 1. The number of carbonyl (C=O) groups is 1. The Balaban J connectivity index is 0.00000205. The van der Waals surface area contributed by atoms with Crippen molar-refractivity contribution >= 4 is 18.3 Å². The summed E-state index contributed by atoms with van der Waals surface area (Å²) in [6, 6.07) is 4.92. The maximum Gasteiger partial charge on any atom is 0.226 e. The van der Waals surface area contributed by atoms with E-state index in [-0.39, 0.29) is 29.8 Å². The Morgan fingerprint density at radius 1 is 1.14 bits per heavy atom. The molecular formula is C23H33ClN2O3. The average molecular weight is 421 g/mol. The number of rotatable bonds is 1. The van der Waals surface area contributed by atoms with Gasteiger partial charge in [0.1, 0.15) is 13.2 Å². The van der Waals surface area contributed by atoms with Crippen molar-refractivity contribution in [1.29, 1.82) is 0 Å². The zero-order valence-electron chi connectivity index (χ0n) is 17.5. The van der Waals surface area contributed by atoms with Crippen LogP contribution in [0.15, 0.2) is 12.1 Å². The summed E-state index contributed by atoms with van der Waals surface area (Å²) in [6.45, 7) is 7.40. The molecule has 2 fully saturated rings. The summed E-state index contributed by atoms with van der Waals surface area (Å²) in [5.41, 5.74) is 2.77. The first-order valence-electron chi connectivity index (χ1n) is 11.1. The van der Waals surface area contributed by atoms with Crippen molar-refractivity contribution in [3.05, 3.63) is 23.3 Å². The minimum atomic E-state index is 0. The van der Waals surface area contributed by atoms with Crippen LogP contribution in [0.25, 0.3) is 0 Å². The average Bonchev–Trinajstić information content (AvgIpc) is 3.18. The predicted molar refractivity (Wildman–Crippen MR) is 115 cm³/mol. The van der Waals surface area contributed by atoms with Crippen molar-refractivity contribution in [3.63, 3.8) is 0 Å². The molecule has 3 heterocycles. The number of hydrogen-bond donors (Lipinski definition) is 1. The Kier molecular flexibility index (Phi) is 5.73. The Labute approximate surface area is 179 Å². The number of benzene rings is 1. The van der Waals surface area contributed by atoms with Gasteiger partial charge in [-0.25, -0.2) is 0 Å². The van der Waals surface area contributed by atoms with Gasteiger partial charge in [-0.05, 0) is 69.3 Å². The van der Waals surface area contributed by atoms with E-state index < -0.39 is 0 Å². The van der Waals surface area contributed by atoms with Gasteiger partial charge < -0.3 is 19.7 Å². The molecule has 5 nitrogen and oxygen atoms in total. The van der Waals surface area contributed by atoms with Crippen LogP contribution in [-0.4, -0.2) is 43.2 Å². The van der Waals surface area contributed by atoms with Gasteiger partial charge >= 0.3 is 0 Å². The van der Waals surface area contributed by atoms with E-state index in [2.05, 4.69) is 36.2 Å². The first-order chi connectivity index (χ1) is 13.6. The molecule has 3 atom stereocenters. The molecular weight excluding hydrogens is 388 g/mol. The molecule has 1 saturated heterocycles. The van der Waals surface area contributed by atoms with Crippen LogP contribution in [0.3, 0.4) is 0 Å². The summed E-state index contributed by atoms with van der Waals surface area (Å²) in [5, 5.41) is 3.48. The lowest BCUT2D eigenvalue weighted by Crippen LogP contribution is -2.52. The third kappa shape index (κ3) is 3.50. The van der Waals surface area contributed by atoms with E-state index in [1.54, 1.807) is 0 Å². The van der Waals surface area contributed by atoms with Crippen LogP contribution in [-0.2, 0) is 10.2 Å². The summed E-state index contributed by atoms with van der Waals surface area (Å²) in [7, 11) is 0. The Morgan fingerprint density at radius 3 is 2.52 bits per heavy atom. The van der Waals surface area contributed by atoms with Gasteiger partial charge in [0.15, 0.2) is 11.5 Å². The first-order valence-corrected chi connectivity index (χ1v) is 11.1. The van der Waals surface area contributed by atoms with E-state index in [1.807, 2.05) is 0 Å². The number of piperidine rings is 1. The minimum Gasteiger partial charge on any atom is -0.486 e. The maximum absolute atomic E-state index is 13.6. The van der Waals surface area contributed by atoms with Gasteiger partial charge in [-0.1, -0.05) is 12.8 Å². The molecule has 1 aromatic rings. The molecule has 4 aliphatic rings. The smallest absolute Gasteiger partial charge is 0.226 e. The van der Waals surface area contributed by atoms with Gasteiger partial charge in [-0.3, -0.25) is 4.79 Å². The monoisotopic (exact) mass is 420 g/mol. The van der Waals surface area contributed by atoms with Gasteiger partial charge in [-0.15, -0.1) is 12.4 Å². The third-order valence-corrected chi connectivity index (χ3v) is 7.49. The molecule has 0 bridgehead atoms. The number of carbonyl (C=O) groups excluding carboxylic acids is 1. The van der Waals surface area contributed by atoms with Crippen LogP contribution >= 0.6 is 12.4 Å². The van der Waals surface area contributed by atoms with E-state index in [4.69, 9.17) is 9.47 Å². The molecule has 1 spiro atoms. The normalized spacial score (nSPS) is 29.9. The molecule has 1 unspecified atom stereocenters. The van der Waals surface area contributed by atoms with Crippen LogP contribution in [0, 0.1) is 5.92 Å². The second kappa shape index (κ2) is 7.99. The largest absolute Gasteiger partial charge is 0.486 e. The number of nitrogens with zero attached hydrogens (tertiary/aromatic N) is 1. The van der Waals surface area contributed by atoms with Gasteiger partial charge in [0, 0.05) is 23.9 Å². The molecule has 160 valence electrons. The number of hydrogen-bond acceptors (Lipinski definition) is 4. The number of halogens is 1. The fraction of sp³-hybridized carbons (Fsp3) is 0.696. The predicted octanol–water partition coefficient (Wildman–Crippen LogP) is 3.98. The van der Waals surface area contributed by atoms with Crippen LogP contribution < -0.4 is 14.8 Å². The summed E-state index contributed by atoms with van der Waals surface area (Å²) in [4.78, 5) is 15.8. The fourth-order valence-electron chi connectivity index (χ4n) is 5.96. The lowest BCUT2D eigenvalue weighted by molar-refractivity contribution is -0.140. The van der Waals surface area contributed by atoms with Crippen LogP contribution in [0.5, 0.6) is 11.5 Å². The molecule has 3 aliphatic heterocycles. The van der Waals surface area contributed by atoms with Crippen LogP contribution in [0.1, 0.15) is 69.5 Å². The second-order valence-corrected chi connectivity index (χ2v) is 9.29. The molecule has 6 heteroatoms. The highest BCUT2D eigenvalue weighted by Crippen LogP contribution is 2.52. The van der Waals surface area contributed by atoms with Gasteiger partial charge in [0.05, 0.1) is 6.04 Å². The van der Waals surface area contributed by atoms with Crippen molar-refractivity contribution in [2.24, 2.45) is 5.92 Å². The van der Waals surface area contributed by atoms with Crippen molar-refractivity contribution in [2.75, 3.05) is 26.3 Å². The Hall–Kier alpha value is -1.46. The summed E-state index contributed by atoms with van der Waals surface area (Å²) in [5.74, 6) is 2.23. The molecule has 5 rings (SSSR count). The van der Waals surface area contributed by atoms with E-state index in [0.29, 0.717) is 25.2 Å². The molecule has 0 radical (unpaired) electrons. The van der Waals surface area contributed by atoms with E-state index in [9.17, 15) is 4.79 Å². The molecule has 1 saturated carbocycles. The lowest BCUT2D eigenvalue weighted by atomic mass is 9.71. The lowest BCUT2D eigenvalue weighted by Gasteiger charge is -2.47. The highest BCUT2D eigenvalue weighted by Gasteiger charge is 2.47.